The van der Waals surface area contributed by atoms with E-state index in [1.807, 2.05) is 6.92 Å². The van der Waals surface area contributed by atoms with Gasteiger partial charge in [-0.25, -0.2) is 4.79 Å². The van der Waals surface area contributed by atoms with Gasteiger partial charge in [0.2, 0.25) is 0 Å². The Morgan fingerprint density at radius 1 is 1.44 bits per heavy atom. The Morgan fingerprint density at radius 3 is 2.72 bits per heavy atom. The molecule has 1 unspecified atom stereocenters. The first kappa shape index (κ1) is 14.0. The molecule has 1 atom stereocenters. The maximum Gasteiger partial charge on any atom is 0.335 e. The van der Waals surface area contributed by atoms with Crippen LogP contribution in [0, 0.1) is 0 Å². The van der Waals surface area contributed by atoms with E-state index >= 15 is 0 Å². The Labute approximate surface area is 106 Å². The van der Waals surface area contributed by atoms with Gasteiger partial charge in [-0.2, -0.15) is 0 Å². The van der Waals surface area contributed by atoms with Gasteiger partial charge in [-0.3, -0.25) is 4.79 Å². The van der Waals surface area contributed by atoms with Gasteiger partial charge in [0, 0.05) is 5.92 Å². The lowest BCUT2D eigenvalue weighted by atomic mass is 9.96. The average molecular weight is 248 g/mol. The summed E-state index contributed by atoms with van der Waals surface area (Å²) in [4.78, 5) is 22.2. The molecule has 0 heterocycles. The third-order valence-corrected chi connectivity index (χ3v) is 2.53. The molecule has 1 aromatic rings. The number of ether oxygens (including phenoxy) is 1. The first-order chi connectivity index (χ1) is 8.56. The lowest BCUT2D eigenvalue weighted by Gasteiger charge is -2.14. The zero-order valence-corrected chi connectivity index (χ0v) is 10.3. The van der Waals surface area contributed by atoms with Gasteiger partial charge >= 0.3 is 11.9 Å². The minimum Gasteiger partial charge on any atom is -0.478 e. The molecule has 1 rings (SSSR count). The van der Waals surface area contributed by atoms with Gasteiger partial charge in [0.15, 0.2) is 0 Å². The van der Waals surface area contributed by atoms with E-state index in [-0.39, 0.29) is 30.5 Å². The predicted molar refractivity (Wildman–Crippen MR) is 67.6 cm³/mol. The van der Waals surface area contributed by atoms with Crippen molar-refractivity contribution in [3.05, 3.63) is 48.0 Å². The molecule has 0 fully saturated rings. The van der Waals surface area contributed by atoms with E-state index in [0.29, 0.717) is 5.56 Å². The number of benzene rings is 1. The summed E-state index contributed by atoms with van der Waals surface area (Å²) >= 11 is 0. The van der Waals surface area contributed by atoms with Gasteiger partial charge in [0.05, 0.1) is 18.6 Å². The van der Waals surface area contributed by atoms with Crippen LogP contribution in [0.15, 0.2) is 36.9 Å². The molecule has 0 aromatic heterocycles. The highest BCUT2D eigenvalue weighted by Crippen LogP contribution is 2.20. The van der Waals surface area contributed by atoms with Gasteiger partial charge in [-0.1, -0.05) is 31.2 Å². The summed E-state index contributed by atoms with van der Waals surface area (Å²) in [6, 6.07) is 6.71. The molecule has 0 radical (unpaired) electrons. The highest BCUT2D eigenvalue weighted by atomic mass is 16.5. The van der Waals surface area contributed by atoms with E-state index in [0.717, 1.165) is 0 Å². The van der Waals surface area contributed by atoms with Crippen LogP contribution in [0.3, 0.4) is 0 Å². The van der Waals surface area contributed by atoms with Crippen molar-refractivity contribution in [1.82, 2.24) is 0 Å². The van der Waals surface area contributed by atoms with Crippen molar-refractivity contribution < 1.29 is 19.4 Å². The van der Waals surface area contributed by atoms with Crippen LogP contribution in [-0.4, -0.2) is 23.7 Å². The summed E-state index contributed by atoms with van der Waals surface area (Å²) in [6.07, 6.45) is 1.63. The molecule has 1 N–H and O–H groups in total. The maximum absolute atomic E-state index is 11.2. The van der Waals surface area contributed by atoms with Gasteiger partial charge in [0.25, 0.3) is 0 Å². The van der Waals surface area contributed by atoms with Crippen LogP contribution in [0.5, 0.6) is 0 Å². The quantitative estimate of drug-likeness (QED) is 0.621. The first-order valence-corrected chi connectivity index (χ1v) is 5.65. The smallest absolute Gasteiger partial charge is 0.335 e. The molecule has 0 aliphatic heterocycles. The molecule has 0 saturated carbocycles. The summed E-state index contributed by atoms with van der Waals surface area (Å²) in [5.74, 6) is -1.49. The Hall–Kier alpha value is -2.10. The molecule has 18 heavy (non-hydrogen) atoms. The van der Waals surface area contributed by atoms with Crippen LogP contribution in [0.2, 0.25) is 0 Å². The van der Waals surface area contributed by atoms with Crippen molar-refractivity contribution in [3.63, 3.8) is 0 Å². The van der Waals surface area contributed by atoms with Crippen molar-refractivity contribution >= 4 is 11.9 Å². The van der Waals surface area contributed by atoms with Crippen LogP contribution >= 0.6 is 0 Å². The largest absolute Gasteiger partial charge is 0.478 e. The van der Waals surface area contributed by atoms with E-state index in [9.17, 15) is 9.59 Å². The first-order valence-electron chi connectivity index (χ1n) is 5.65. The molecule has 0 saturated heterocycles. The van der Waals surface area contributed by atoms with Gasteiger partial charge < -0.3 is 9.84 Å². The zero-order chi connectivity index (χ0) is 13.5. The fourth-order valence-corrected chi connectivity index (χ4v) is 1.61. The molecule has 0 spiro atoms. The second-order valence-electron chi connectivity index (χ2n) is 3.97. The molecule has 0 bridgehead atoms. The van der Waals surface area contributed by atoms with Crippen molar-refractivity contribution in [1.29, 1.82) is 0 Å². The summed E-state index contributed by atoms with van der Waals surface area (Å²) < 4.78 is 5.03. The van der Waals surface area contributed by atoms with Crippen molar-refractivity contribution in [2.24, 2.45) is 0 Å². The molecule has 0 aliphatic carbocycles. The van der Waals surface area contributed by atoms with Crippen LogP contribution in [0.25, 0.3) is 0 Å². The van der Waals surface area contributed by atoms with Crippen molar-refractivity contribution in [3.8, 4) is 0 Å². The normalized spacial score (nSPS) is 11.6. The van der Waals surface area contributed by atoms with Crippen LogP contribution in [0.4, 0.5) is 0 Å². The zero-order valence-electron chi connectivity index (χ0n) is 10.3. The van der Waals surface area contributed by atoms with E-state index in [1.54, 1.807) is 24.3 Å². The summed E-state index contributed by atoms with van der Waals surface area (Å²) in [5, 5.41) is 9.06. The fraction of sp³-hybridized carbons (Fsp3) is 0.286. The minimum atomic E-state index is -0.977. The lowest BCUT2D eigenvalue weighted by molar-refractivity contribution is -0.143. The third kappa shape index (κ3) is 3.73. The number of carboxylic acids is 1. The molecule has 4 heteroatoms. The molecule has 0 amide bonds. The predicted octanol–water partition coefficient (Wildman–Crippen LogP) is 2.61. The number of esters is 1. The molecular weight excluding hydrogens is 232 g/mol. The summed E-state index contributed by atoms with van der Waals surface area (Å²) in [7, 11) is 0. The number of rotatable bonds is 6. The number of carbonyl (C=O) groups excluding carboxylic acids is 1. The number of carbonyl (C=O) groups is 2. The second-order valence-corrected chi connectivity index (χ2v) is 3.97. The Morgan fingerprint density at radius 2 is 2.11 bits per heavy atom. The Kier molecular flexibility index (Phi) is 5.11. The Bertz CT molecular complexity index is 451. The number of hydrogen-bond donors (Lipinski definition) is 1. The molecule has 0 aliphatic rings. The Balaban J connectivity index is 2.72. The van der Waals surface area contributed by atoms with Gasteiger partial charge in [-0.15, -0.1) is 6.58 Å². The van der Waals surface area contributed by atoms with Gasteiger partial charge in [0.1, 0.15) is 0 Å². The van der Waals surface area contributed by atoms with Crippen molar-refractivity contribution in [2.75, 3.05) is 6.61 Å². The molecule has 1 aromatic carbocycles. The standard InChI is InChI=1S/C14H16O4/c1-3-6-13(15)18-9-10(2)11-7-4-5-8-12(11)14(16)17/h3-5,7-8,10H,1,6,9H2,2H3,(H,16,17). The van der Waals surface area contributed by atoms with E-state index in [2.05, 4.69) is 6.58 Å². The topological polar surface area (TPSA) is 63.6 Å². The van der Waals surface area contributed by atoms with Crippen LogP contribution in [0.1, 0.15) is 35.2 Å². The fourth-order valence-electron chi connectivity index (χ4n) is 1.61. The summed E-state index contributed by atoms with van der Waals surface area (Å²) in [5.41, 5.74) is 0.904. The number of hydrogen-bond acceptors (Lipinski definition) is 3. The summed E-state index contributed by atoms with van der Waals surface area (Å²) in [6.45, 7) is 5.43. The molecule has 4 nitrogen and oxygen atoms in total. The monoisotopic (exact) mass is 248 g/mol. The minimum absolute atomic E-state index is 0.160. The van der Waals surface area contributed by atoms with Crippen LogP contribution in [-0.2, 0) is 9.53 Å². The average Bonchev–Trinajstić information content (AvgIpc) is 2.36. The van der Waals surface area contributed by atoms with Crippen LogP contribution < -0.4 is 0 Å². The van der Waals surface area contributed by atoms with E-state index in [4.69, 9.17) is 9.84 Å². The highest BCUT2D eigenvalue weighted by Gasteiger charge is 2.16. The molecule has 96 valence electrons. The number of aromatic carboxylic acids is 1. The number of carboxylic acid groups (broad SMARTS) is 1. The lowest BCUT2D eigenvalue weighted by Crippen LogP contribution is -2.13. The molecular formula is C14H16O4. The van der Waals surface area contributed by atoms with E-state index < -0.39 is 5.97 Å². The van der Waals surface area contributed by atoms with Gasteiger partial charge in [-0.05, 0) is 11.6 Å². The van der Waals surface area contributed by atoms with Crippen molar-refractivity contribution in [2.45, 2.75) is 19.3 Å². The second kappa shape index (κ2) is 6.59. The SMILES string of the molecule is C=CCC(=O)OCC(C)c1ccccc1C(=O)O. The maximum atomic E-state index is 11.2. The third-order valence-electron chi connectivity index (χ3n) is 2.53. The highest BCUT2D eigenvalue weighted by molar-refractivity contribution is 5.89. The van der Waals surface area contributed by atoms with E-state index in [1.165, 1.54) is 6.08 Å².